The Kier molecular flexibility index (Phi) is 4.09. The van der Waals surface area contributed by atoms with Crippen molar-refractivity contribution in [1.29, 1.82) is 0 Å². The van der Waals surface area contributed by atoms with Gasteiger partial charge in [0.2, 0.25) is 0 Å². The van der Waals surface area contributed by atoms with Crippen LogP contribution in [0.3, 0.4) is 0 Å². The first kappa shape index (κ1) is 15.8. The number of halogens is 2. The number of hydrogen-bond donors (Lipinski definition) is 1. The monoisotopic (exact) mass is 328 g/mol. The molecule has 0 aliphatic carbocycles. The highest BCUT2D eigenvalue weighted by atomic mass is 32.2. The molecule has 0 fully saturated rings. The molecule has 6 nitrogen and oxygen atoms in total. The number of hydrogen-bond acceptors (Lipinski definition) is 4. The van der Waals surface area contributed by atoms with Gasteiger partial charge in [-0.1, -0.05) is 6.07 Å². The molecule has 0 aromatic heterocycles. The van der Waals surface area contributed by atoms with Crippen LogP contribution >= 0.6 is 0 Å². The molecule has 116 valence electrons. The average molecular weight is 328 g/mol. The van der Waals surface area contributed by atoms with E-state index in [0.29, 0.717) is 11.6 Å². The molecular formula is C13H10F2N2O4S. The van der Waals surface area contributed by atoms with Gasteiger partial charge in [0, 0.05) is 0 Å². The quantitative estimate of drug-likeness (QED) is 0.690. The summed E-state index contributed by atoms with van der Waals surface area (Å²) in [6.45, 7) is 1.54. The molecule has 0 radical (unpaired) electrons. The van der Waals surface area contributed by atoms with Crippen LogP contribution in [0.5, 0.6) is 0 Å². The zero-order valence-corrected chi connectivity index (χ0v) is 12.0. The lowest BCUT2D eigenvalue weighted by Crippen LogP contribution is -2.15. The third-order valence-corrected chi connectivity index (χ3v) is 4.26. The van der Waals surface area contributed by atoms with Crippen molar-refractivity contribution >= 4 is 21.4 Å². The van der Waals surface area contributed by atoms with E-state index in [1.165, 1.54) is 13.0 Å². The number of rotatable bonds is 4. The molecule has 9 heteroatoms. The van der Waals surface area contributed by atoms with Gasteiger partial charge in [0.25, 0.3) is 15.7 Å². The van der Waals surface area contributed by atoms with Crippen molar-refractivity contribution in [3.05, 3.63) is 63.7 Å². The lowest BCUT2D eigenvalue weighted by Gasteiger charge is -2.11. The van der Waals surface area contributed by atoms with E-state index in [2.05, 4.69) is 4.72 Å². The number of nitro benzene ring substituents is 1. The lowest BCUT2D eigenvalue weighted by atomic mass is 10.2. The van der Waals surface area contributed by atoms with Crippen molar-refractivity contribution in [3.8, 4) is 0 Å². The van der Waals surface area contributed by atoms with Gasteiger partial charge in [-0.3, -0.25) is 14.8 Å². The van der Waals surface area contributed by atoms with E-state index in [9.17, 15) is 27.3 Å². The van der Waals surface area contributed by atoms with E-state index >= 15 is 0 Å². The van der Waals surface area contributed by atoms with Crippen LogP contribution in [0, 0.1) is 28.7 Å². The molecule has 0 bridgehead atoms. The van der Waals surface area contributed by atoms with Crippen molar-refractivity contribution in [2.45, 2.75) is 11.8 Å². The summed E-state index contributed by atoms with van der Waals surface area (Å²) in [5.41, 5.74) is -0.532. The van der Waals surface area contributed by atoms with Crippen LogP contribution < -0.4 is 4.72 Å². The van der Waals surface area contributed by atoms with Crippen LogP contribution in [0.25, 0.3) is 0 Å². The normalized spacial score (nSPS) is 11.2. The Balaban J connectivity index is 2.52. The molecule has 0 unspecified atom stereocenters. The van der Waals surface area contributed by atoms with Crippen LogP contribution in [-0.4, -0.2) is 13.3 Å². The Morgan fingerprint density at radius 2 is 1.68 bits per heavy atom. The second-order valence-corrected chi connectivity index (χ2v) is 6.08. The second kappa shape index (κ2) is 5.68. The maximum absolute atomic E-state index is 13.2. The minimum absolute atomic E-state index is 0.0568. The van der Waals surface area contributed by atoms with E-state index in [0.717, 1.165) is 24.3 Å². The van der Waals surface area contributed by atoms with Crippen molar-refractivity contribution in [1.82, 2.24) is 0 Å². The van der Waals surface area contributed by atoms with Gasteiger partial charge in [0.05, 0.1) is 16.7 Å². The molecule has 0 heterocycles. The van der Waals surface area contributed by atoms with Crippen LogP contribution in [0.2, 0.25) is 0 Å². The molecule has 2 rings (SSSR count). The predicted octanol–water partition coefficient (Wildman–Crippen LogP) is 2.98. The zero-order chi connectivity index (χ0) is 16.5. The molecule has 0 saturated carbocycles. The number of nitrogens with one attached hydrogen (secondary N) is 1. The Labute approximate surface area is 124 Å². The molecule has 0 spiro atoms. The molecule has 1 N–H and O–H groups in total. The highest BCUT2D eigenvalue weighted by Crippen LogP contribution is 2.27. The van der Waals surface area contributed by atoms with E-state index in [1.807, 2.05) is 0 Å². The summed E-state index contributed by atoms with van der Waals surface area (Å²) in [5.74, 6) is -1.61. The number of nitrogens with zero attached hydrogens (tertiary/aromatic N) is 1. The third-order valence-electron chi connectivity index (χ3n) is 2.85. The average Bonchev–Trinajstić information content (AvgIpc) is 2.42. The number of sulfonamides is 1. The van der Waals surface area contributed by atoms with Crippen LogP contribution in [0.4, 0.5) is 20.2 Å². The Morgan fingerprint density at radius 3 is 2.32 bits per heavy atom. The van der Waals surface area contributed by atoms with Crippen molar-refractivity contribution in [2.24, 2.45) is 0 Å². The topological polar surface area (TPSA) is 89.3 Å². The lowest BCUT2D eigenvalue weighted by molar-refractivity contribution is -0.388. The minimum atomic E-state index is -4.37. The second-order valence-electron chi connectivity index (χ2n) is 4.43. The first-order valence-electron chi connectivity index (χ1n) is 5.93. The Morgan fingerprint density at radius 1 is 1.09 bits per heavy atom. The molecule has 2 aromatic rings. The van der Waals surface area contributed by atoms with E-state index in [-0.39, 0.29) is 5.69 Å². The molecule has 0 atom stereocenters. The molecule has 0 amide bonds. The minimum Gasteiger partial charge on any atom is -0.279 e. The van der Waals surface area contributed by atoms with Gasteiger partial charge in [-0.25, -0.2) is 17.2 Å². The fraction of sp³-hybridized carbons (Fsp3) is 0.0769. The maximum atomic E-state index is 13.2. The summed E-state index contributed by atoms with van der Waals surface area (Å²) in [4.78, 5) is 9.17. The first-order valence-corrected chi connectivity index (χ1v) is 7.42. The maximum Gasteiger partial charge on any atom is 0.292 e. The highest BCUT2D eigenvalue weighted by Gasteiger charge is 2.27. The molecule has 22 heavy (non-hydrogen) atoms. The Bertz CT molecular complexity index is 853. The Hall–Kier alpha value is -2.55. The number of anilines is 1. The number of nitro groups is 1. The molecular weight excluding hydrogens is 318 g/mol. The molecule has 2 aromatic carbocycles. The summed E-state index contributed by atoms with van der Waals surface area (Å²) in [6.07, 6.45) is 0. The van der Waals surface area contributed by atoms with Gasteiger partial charge < -0.3 is 0 Å². The molecule has 0 aliphatic rings. The standard InChI is InChI=1S/C13H10F2N2O4S/c1-8-2-3-9(14)6-11(8)16-22(20,21)13-5-4-10(15)7-12(13)17(18)19/h2-7,16H,1H3. The number of benzene rings is 2. The van der Waals surface area contributed by atoms with E-state index < -0.39 is 37.2 Å². The first-order chi connectivity index (χ1) is 10.2. The van der Waals surface area contributed by atoms with Crippen molar-refractivity contribution in [3.63, 3.8) is 0 Å². The summed E-state index contributed by atoms with van der Waals surface area (Å²) in [7, 11) is -4.37. The summed E-state index contributed by atoms with van der Waals surface area (Å²) in [5, 5.41) is 10.9. The van der Waals surface area contributed by atoms with Gasteiger partial charge in [-0.05, 0) is 36.8 Å². The van der Waals surface area contributed by atoms with Crippen molar-refractivity contribution in [2.75, 3.05) is 4.72 Å². The van der Waals surface area contributed by atoms with Gasteiger partial charge in [-0.15, -0.1) is 0 Å². The summed E-state index contributed by atoms with van der Waals surface area (Å²) >= 11 is 0. The largest absolute Gasteiger partial charge is 0.292 e. The third kappa shape index (κ3) is 3.19. The van der Waals surface area contributed by atoms with Gasteiger partial charge in [0.1, 0.15) is 11.6 Å². The summed E-state index contributed by atoms with van der Waals surface area (Å²) in [6, 6.07) is 5.53. The van der Waals surface area contributed by atoms with Crippen molar-refractivity contribution < 1.29 is 22.1 Å². The molecule has 0 aliphatic heterocycles. The van der Waals surface area contributed by atoms with Crippen LogP contribution in [0.15, 0.2) is 41.3 Å². The van der Waals surface area contributed by atoms with Gasteiger partial charge in [-0.2, -0.15) is 0 Å². The zero-order valence-electron chi connectivity index (χ0n) is 11.2. The SMILES string of the molecule is Cc1ccc(F)cc1NS(=O)(=O)c1ccc(F)cc1[N+](=O)[O-]. The van der Waals surface area contributed by atoms with Crippen LogP contribution in [0.1, 0.15) is 5.56 Å². The van der Waals surface area contributed by atoms with Crippen LogP contribution in [-0.2, 0) is 10.0 Å². The van der Waals surface area contributed by atoms with Gasteiger partial charge >= 0.3 is 0 Å². The smallest absolute Gasteiger partial charge is 0.279 e. The number of aryl methyl sites for hydroxylation is 1. The predicted molar refractivity (Wildman–Crippen MR) is 75.0 cm³/mol. The summed E-state index contributed by atoms with van der Waals surface area (Å²) < 4.78 is 52.8. The fourth-order valence-electron chi connectivity index (χ4n) is 1.76. The van der Waals surface area contributed by atoms with E-state index in [4.69, 9.17) is 0 Å². The fourth-order valence-corrected chi connectivity index (χ4v) is 3.04. The van der Waals surface area contributed by atoms with Gasteiger partial charge in [0.15, 0.2) is 4.90 Å². The highest BCUT2D eigenvalue weighted by molar-refractivity contribution is 7.92. The van der Waals surface area contributed by atoms with E-state index in [1.54, 1.807) is 0 Å². The molecule has 0 saturated heterocycles.